The van der Waals surface area contributed by atoms with E-state index in [4.69, 9.17) is 0 Å². The number of aromatic nitrogens is 1. The van der Waals surface area contributed by atoms with Gasteiger partial charge in [-0.2, -0.15) is 0 Å². The number of unbranched alkanes of at least 4 members (excludes halogenated alkanes) is 1. The largest absolute Gasteiger partial charge is 0.388 e. The van der Waals surface area contributed by atoms with Crippen molar-refractivity contribution < 1.29 is 4.79 Å². The molecule has 0 spiro atoms. The van der Waals surface area contributed by atoms with Gasteiger partial charge < -0.3 is 5.32 Å². The number of benzene rings is 1. The van der Waals surface area contributed by atoms with Gasteiger partial charge in [0.1, 0.15) is 0 Å². The van der Waals surface area contributed by atoms with Gasteiger partial charge in [0, 0.05) is 30.7 Å². The molecular formula is C15H18N2OS. The fourth-order valence-corrected chi connectivity index (χ4v) is 2.53. The van der Waals surface area contributed by atoms with Crippen molar-refractivity contribution in [2.75, 3.05) is 12.4 Å². The maximum atomic E-state index is 11.7. The Morgan fingerprint density at radius 3 is 2.68 bits per heavy atom. The number of rotatable bonds is 7. The Hall–Kier alpha value is -1.68. The van der Waals surface area contributed by atoms with Crippen molar-refractivity contribution in [3.63, 3.8) is 0 Å². The predicted molar refractivity (Wildman–Crippen MR) is 80.0 cm³/mol. The highest BCUT2D eigenvalue weighted by molar-refractivity contribution is 7.11. The van der Waals surface area contributed by atoms with E-state index < -0.39 is 0 Å². The van der Waals surface area contributed by atoms with Crippen molar-refractivity contribution in [3.05, 3.63) is 46.4 Å². The molecule has 0 bridgehead atoms. The minimum absolute atomic E-state index is 0.167. The number of thiazole rings is 1. The van der Waals surface area contributed by atoms with Gasteiger partial charge in [-0.05, 0) is 37.0 Å². The zero-order chi connectivity index (χ0) is 13.5. The number of anilines is 1. The number of nitrogens with one attached hydrogen (secondary N) is 1. The molecule has 0 aliphatic carbocycles. The Kier molecular flexibility index (Phi) is 5.10. The van der Waals surface area contributed by atoms with Gasteiger partial charge in [-0.1, -0.05) is 12.1 Å². The van der Waals surface area contributed by atoms with Gasteiger partial charge in [-0.3, -0.25) is 4.79 Å². The summed E-state index contributed by atoms with van der Waals surface area (Å²) in [6, 6.07) is 8.43. The van der Waals surface area contributed by atoms with E-state index in [1.807, 2.05) is 12.4 Å². The molecule has 1 aromatic heterocycles. The molecule has 1 N–H and O–H groups in total. The molecule has 0 saturated carbocycles. The van der Waals surface area contributed by atoms with Crippen LogP contribution < -0.4 is 5.32 Å². The molecule has 0 amide bonds. The van der Waals surface area contributed by atoms with E-state index in [0.29, 0.717) is 11.4 Å². The molecule has 0 aliphatic heterocycles. The van der Waals surface area contributed by atoms with E-state index in [1.165, 1.54) is 16.9 Å². The molecule has 2 rings (SSSR count). The van der Waals surface area contributed by atoms with E-state index in [1.54, 1.807) is 6.20 Å². The molecule has 1 aromatic carbocycles. The molecular weight excluding hydrogens is 256 g/mol. The van der Waals surface area contributed by atoms with Gasteiger partial charge >= 0.3 is 0 Å². The lowest BCUT2D eigenvalue weighted by Crippen LogP contribution is -1.98. The van der Waals surface area contributed by atoms with Gasteiger partial charge in [0.05, 0.1) is 0 Å². The molecule has 0 fully saturated rings. The summed E-state index contributed by atoms with van der Waals surface area (Å²) in [6.45, 7) is 0. The number of hydrogen-bond donors (Lipinski definition) is 1. The standard InChI is InChI=1S/C15H18N2OS/c1-16-13-8-6-12(7-9-13)4-2-3-5-14(18)15-17-10-11-19-15/h6-11,16H,2-5H2,1H3. The summed E-state index contributed by atoms with van der Waals surface area (Å²) in [4.78, 5) is 15.8. The fourth-order valence-electron chi connectivity index (χ4n) is 1.92. The number of carbonyl (C=O) groups excluding carboxylic acids is 1. The second-order valence-electron chi connectivity index (χ2n) is 4.41. The average molecular weight is 274 g/mol. The number of hydrogen-bond acceptors (Lipinski definition) is 4. The van der Waals surface area contributed by atoms with Gasteiger partial charge in [-0.25, -0.2) is 4.98 Å². The minimum Gasteiger partial charge on any atom is -0.388 e. The number of ketones is 1. The third kappa shape index (κ3) is 4.17. The highest BCUT2D eigenvalue weighted by Crippen LogP contribution is 2.13. The Morgan fingerprint density at radius 1 is 1.26 bits per heavy atom. The van der Waals surface area contributed by atoms with Crippen LogP contribution in [-0.4, -0.2) is 17.8 Å². The molecule has 2 aromatic rings. The van der Waals surface area contributed by atoms with E-state index in [2.05, 4.69) is 34.6 Å². The second kappa shape index (κ2) is 7.04. The quantitative estimate of drug-likeness (QED) is 0.617. The zero-order valence-electron chi connectivity index (χ0n) is 11.1. The molecule has 0 atom stereocenters. The Bertz CT molecular complexity index is 505. The topological polar surface area (TPSA) is 42.0 Å². The van der Waals surface area contributed by atoms with Crippen LogP contribution in [0, 0.1) is 0 Å². The van der Waals surface area contributed by atoms with Crippen LogP contribution in [0.25, 0.3) is 0 Å². The van der Waals surface area contributed by atoms with Crippen molar-refractivity contribution in [1.82, 2.24) is 4.98 Å². The molecule has 0 radical (unpaired) electrons. The van der Waals surface area contributed by atoms with Crippen LogP contribution in [-0.2, 0) is 6.42 Å². The third-order valence-corrected chi connectivity index (χ3v) is 3.85. The van der Waals surface area contributed by atoms with E-state index in [0.717, 1.165) is 24.9 Å². The lowest BCUT2D eigenvalue weighted by molar-refractivity contribution is 0.0979. The van der Waals surface area contributed by atoms with Gasteiger partial charge in [0.25, 0.3) is 0 Å². The molecule has 19 heavy (non-hydrogen) atoms. The SMILES string of the molecule is CNc1ccc(CCCCC(=O)c2nccs2)cc1. The maximum absolute atomic E-state index is 11.7. The first-order chi connectivity index (χ1) is 9.29. The maximum Gasteiger partial charge on any atom is 0.191 e. The van der Waals surface area contributed by atoms with Crippen LogP contribution >= 0.6 is 11.3 Å². The van der Waals surface area contributed by atoms with Crippen molar-refractivity contribution in [2.24, 2.45) is 0 Å². The number of aryl methyl sites for hydroxylation is 1. The van der Waals surface area contributed by atoms with Crippen LogP contribution in [0.2, 0.25) is 0 Å². The van der Waals surface area contributed by atoms with E-state index >= 15 is 0 Å². The Balaban J connectivity index is 1.70. The first kappa shape index (κ1) is 13.7. The minimum atomic E-state index is 0.167. The van der Waals surface area contributed by atoms with Gasteiger partial charge in [0.15, 0.2) is 10.8 Å². The zero-order valence-corrected chi connectivity index (χ0v) is 11.9. The van der Waals surface area contributed by atoms with Crippen molar-refractivity contribution in [3.8, 4) is 0 Å². The summed E-state index contributed by atoms with van der Waals surface area (Å²) in [5.74, 6) is 0.167. The third-order valence-electron chi connectivity index (χ3n) is 3.03. The van der Waals surface area contributed by atoms with Crippen LogP contribution in [0.5, 0.6) is 0 Å². The van der Waals surface area contributed by atoms with Crippen molar-refractivity contribution >= 4 is 22.8 Å². The Morgan fingerprint density at radius 2 is 2.05 bits per heavy atom. The summed E-state index contributed by atoms with van der Waals surface area (Å²) >= 11 is 1.42. The molecule has 1 heterocycles. The summed E-state index contributed by atoms with van der Waals surface area (Å²) in [7, 11) is 1.92. The van der Waals surface area contributed by atoms with Crippen LogP contribution in [0.4, 0.5) is 5.69 Å². The first-order valence-corrected chi connectivity index (χ1v) is 7.37. The lowest BCUT2D eigenvalue weighted by atomic mass is 10.1. The number of Topliss-reactive ketones (excluding diaryl/α,β-unsaturated/α-hetero) is 1. The monoisotopic (exact) mass is 274 g/mol. The van der Waals surface area contributed by atoms with Crippen molar-refractivity contribution in [2.45, 2.75) is 25.7 Å². The van der Waals surface area contributed by atoms with Crippen LogP contribution in [0.15, 0.2) is 35.8 Å². The molecule has 4 heteroatoms. The van der Waals surface area contributed by atoms with E-state index in [9.17, 15) is 4.79 Å². The summed E-state index contributed by atoms with van der Waals surface area (Å²) in [5, 5.41) is 5.58. The highest BCUT2D eigenvalue weighted by atomic mass is 32.1. The fraction of sp³-hybridized carbons (Fsp3) is 0.333. The summed E-state index contributed by atoms with van der Waals surface area (Å²) in [6.07, 6.45) is 5.26. The summed E-state index contributed by atoms with van der Waals surface area (Å²) < 4.78 is 0. The van der Waals surface area contributed by atoms with Crippen LogP contribution in [0.3, 0.4) is 0 Å². The lowest BCUT2D eigenvalue weighted by Gasteiger charge is -2.03. The smallest absolute Gasteiger partial charge is 0.191 e. The number of carbonyl (C=O) groups is 1. The number of nitrogens with zero attached hydrogens (tertiary/aromatic N) is 1. The van der Waals surface area contributed by atoms with Crippen molar-refractivity contribution in [1.29, 1.82) is 0 Å². The molecule has 0 aliphatic rings. The Labute approximate surface area is 117 Å². The molecule has 0 saturated heterocycles. The molecule has 0 unspecified atom stereocenters. The molecule has 3 nitrogen and oxygen atoms in total. The highest BCUT2D eigenvalue weighted by Gasteiger charge is 2.07. The average Bonchev–Trinajstić information content (AvgIpc) is 2.98. The van der Waals surface area contributed by atoms with Crippen LogP contribution in [0.1, 0.15) is 34.6 Å². The first-order valence-electron chi connectivity index (χ1n) is 6.49. The van der Waals surface area contributed by atoms with Gasteiger partial charge in [0.2, 0.25) is 0 Å². The summed E-state index contributed by atoms with van der Waals surface area (Å²) in [5.41, 5.74) is 2.45. The molecule has 100 valence electrons. The normalized spacial score (nSPS) is 10.4. The predicted octanol–water partition coefficient (Wildman–Crippen LogP) is 3.78. The van der Waals surface area contributed by atoms with E-state index in [-0.39, 0.29) is 5.78 Å². The van der Waals surface area contributed by atoms with Gasteiger partial charge in [-0.15, -0.1) is 11.3 Å². The second-order valence-corrected chi connectivity index (χ2v) is 5.31.